The molecule has 2 N–H and O–H groups in total. The fraction of sp³-hybridized carbons (Fsp3) is 0.294. The molecule has 112 valence electrons. The van der Waals surface area contributed by atoms with E-state index in [0.717, 1.165) is 29.5 Å². The summed E-state index contributed by atoms with van der Waals surface area (Å²) in [5.74, 6) is 1.28. The normalized spacial score (nSPS) is 10.4. The Morgan fingerprint density at radius 2 is 1.52 bits per heavy atom. The predicted octanol–water partition coefficient (Wildman–Crippen LogP) is 3.21. The summed E-state index contributed by atoms with van der Waals surface area (Å²) in [7, 11) is 3.07. The van der Waals surface area contributed by atoms with Gasteiger partial charge in [-0.05, 0) is 54.7 Å². The molecule has 0 bridgehead atoms. The summed E-state index contributed by atoms with van der Waals surface area (Å²) in [6.45, 7) is 1.90. The van der Waals surface area contributed by atoms with Crippen LogP contribution in [0.1, 0.15) is 16.7 Å². The molecule has 0 spiro atoms. The second-order valence-electron chi connectivity index (χ2n) is 4.97. The van der Waals surface area contributed by atoms with Crippen LogP contribution in [0.5, 0.6) is 23.0 Å². The molecule has 2 rings (SSSR count). The third-order valence-electron chi connectivity index (χ3n) is 3.46. The first kappa shape index (κ1) is 15.0. The van der Waals surface area contributed by atoms with Crippen LogP contribution in [0.3, 0.4) is 0 Å². The third kappa shape index (κ3) is 3.40. The highest BCUT2D eigenvalue weighted by Crippen LogP contribution is 2.32. The number of ether oxygens (including phenoxy) is 2. The highest BCUT2D eigenvalue weighted by molar-refractivity contribution is 5.48. The van der Waals surface area contributed by atoms with Gasteiger partial charge in [-0.1, -0.05) is 12.1 Å². The lowest BCUT2D eigenvalue weighted by atomic mass is 10.0. The molecule has 0 heterocycles. The van der Waals surface area contributed by atoms with Gasteiger partial charge in [0.25, 0.3) is 0 Å². The molecule has 2 aromatic rings. The smallest absolute Gasteiger partial charge is 0.163 e. The van der Waals surface area contributed by atoms with E-state index in [-0.39, 0.29) is 11.5 Å². The maximum Gasteiger partial charge on any atom is 0.163 e. The van der Waals surface area contributed by atoms with Crippen LogP contribution in [0.2, 0.25) is 0 Å². The van der Waals surface area contributed by atoms with Gasteiger partial charge in [0.1, 0.15) is 0 Å². The molecule has 0 aliphatic heterocycles. The van der Waals surface area contributed by atoms with Crippen molar-refractivity contribution >= 4 is 0 Å². The van der Waals surface area contributed by atoms with Gasteiger partial charge in [-0.3, -0.25) is 0 Å². The summed E-state index contributed by atoms with van der Waals surface area (Å²) < 4.78 is 10.2. The average Bonchev–Trinajstić information content (AvgIpc) is 2.45. The van der Waals surface area contributed by atoms with Crippen LogP contribution in [-0.4, -0.2) is 24.4 Å². The number of phenols is 2. The summed E-state index contributed by atoms with van der Waals surface area (Å²) in [5.41, 5.74) is 2.95. The molecule has 0 atom stereocenters. The van der Waals surface area contributed by atoms with Crippen LogP contribution in [0.15, 0.2) is 30.3 Å². The van der Waals surface area contributed by atoms with E-state index in [2.05, 4.69) is 0 Å². The maximum atomic E-state index is 9.90. The van der Waals surface area contributed by atoms with Crippen LogP contribution in [-0.2, 0) is 12.8 Å². The fourth-order valence-electron chi connectivity index (χ4n) is 2.42. The molecule has 0 aromatic heterocycles. The van der Waals surface area contributed by atoms with Crippen molar-refractivity contribution < 1.29 is 19.7 Å². The molecular formula is C17H20O4. The Morgan fingerprint density at radius 1 is 0.857 bits per heavy atom. The summed E-state index contributed by atoms with van der Waals surface area (Å²) in [4.78, 5) is 0. The number of rotatable bonds is 5. The summed E-state index contributed by atoms with van der Waals surface area (Å²) in [6.07, 6.45) is 1.53. The Bertz CT molecular complexity index is 612. The van der Waals surface area contributed by atoms with Gasteiger partial charge >= 0.3 is 0 Å². The van der Waals surface area contributed by atoms with Gasteiger partial charge in [-0.2, -0.15) is 0 Å². The van der Waals surface area contributed by atoms with Gasteiger partial charge in [0, 0.05) is 0 Å². The first-order valence-corrected chi connectivity index (χ1v) is 6.77. The zero-order valence-corrected chi connectivity index (χ0v) is 12.5. The molecular weight excluding hydrogens is 268 g/mol. The molecule has 0 aliphatic carbocycles. The van der Waals surface area contributed by atoms with Crippen molar-refractivity contribution in [2.75, 3.05) is 14.2 Å². The second-order valence-corrected chi connectivity index (χ2v) is 4.97. The van der Waals surface area contributed by atoms with E-state index in [9.17, 15) is 10.2 Å². The molecule has 0 radical (unpaired) electrons. The fourth-order valence-corrected chi connectivity index (χ4v) is 2.42. The summed E-state index contributed by atoms with van der Waals surface area (Å²) in [6, 6.07) is 9.10. The Balaban J connectivity index is 2.11. The van der Waals surface area contributed by atoms with E-state index >= 15 is 0 Å². The van der Waals surface area contributed by atoms with Gasteiger partial charge < -0.3 is 19.7 Å². The maximum absolute atomic E-state index is 9.90. The van der Waals surface area contributed by atoms with Crippen molar-refractivity contribution in [1.29, 1.82) is 0 Å². The van der Waals surface area contributed by atoms with E-state index in [4.69, 9.17) is 9.47 Å². The number of hydrogen-bond donors (Lipinski definition) is 2. The van der Waals surface area contributed by atoms with E-state index < -0.39 is 0 Å². The van der Waals surface area contributed by atoms with Crippen molar-refractivity contribution in [3.8, 4) is 23.0 Å². The van der Waals surface area contributed by atoms with Crippen molar-refractivity contribution in [2.24, 2.45) is 0 Å². The lowest BCUT2D eigenvalue weighted by molar-refractivity contribution is 0.370. The molecule has 0 aliphatic rings. The third-order valence-corrected chi connectivity index (χ3v) is 3.46. The largest absolute Gasteiger partial charge is 0.504 e. The number of hydrogen-bond acceptors (Lipinski definition) is 4. The van der Waals surface area contributed by atoms with Gasteiger partial charge in [0.05, 0.1) is 14.2 Å². The SMILES string of the molecule is COc1ccc(CCc2cc(C)c(OC)c(O)c2)cc1O. The van der Waals surface area contributed by atoms with Crippen LogP contribution in [0, 0.1) is 6.92 Å². The molecule has 0 fully saturated rings. The summed E-state index contributed by atoms with van der Waals surface area (Å²) in [5, 5.41) is 19.7. The van der Waals surface area contributed by atoms with Crippen molar-refractivity contribution in [2.45, 2.75) is 19.8 Å². The van der Waals surface area contributed by atoms with Crippen molar-refractivity contribution in [3.63, 3.8) is 0 Å². The highest BCUT2D eigenvalue weighted by atomic mass is 16.5. The molecule has 4 heteroatoms. The lowest BCUT2D eigenvalue weighted by Crippen LogP contribution is -1.95. The molecule has 0 saturated heterocycles. The van der Waals surface area contributed by atoms with E-state index in [0.29, 0.717) is 11.5 Å². The first-order chi connectivity index (χ1) is 10.0. The number of benzene rings is 2. The lowest BCUT2D eigenvalue weighted by Gasteiger charge is -2.10. The molecule has 0 saturated carbocycles. The van der Waals surface area contributed by atoms with Crippen LogP contribution in [0.4, 0.5) is 0 Å². The van der Waals surface area contributed by atoms with Gasteiger partial charge in [-0.15, -0.1) is 0 Å². The Labute approximate surface area is 124 Å². The number of aryl methyl sites for hydroxylation is 3. The predicted molar refractivity (Wildman–Crippen MR) is 81.5 cm³/mol. The van der Waals surface area contributed by atoms with E-state index in [1.165, 1.54) is 7.11 Å². The Hall–Kier alpha value is -2.36. The van der Waals surface area contributed by atoms with Crippen LogP contribution < -0.4 is 9.47 Å². The van der Waals surface area contributed by atoms with Gasteiger partial charge in [-0.25, -0.2) is 0 Å². The molecule has 0 unspecified atom stereocenters. The topological polar surface area (TPSA) is 58.9 Å². The van der Waals surface area contributed by atoms with Gasteiger partial charge in [0.2, 0.25) is 0 Å². The zero-order chi connectivity index (χ0) is 15.4. The number of aromatic hydroxyl groups is 2. The minimum absolute atomic E-state index is 0.142. The first-order valence-electron chi connectivity index (χ1n) is 6.77. The van der Waals surface area contributed by atoms with Crippen LogP contribution >= 0.6 is 0 Å². The monoisotopic (exact) mass is 288 g/mol. The molecule has 0 amide bonds. The van der Waals surface area contributed by atoms with E-state index in [1.54, 1.807) is 25.3 Å². The highest BCUT2D eigenvalue weighted by Gasteiger charge is 2.08. The van der Waals surface area contributed by atoms with Gasteiger partial charge in [0.15, 0.2) is 23.0 Å². The molecule has 2 aromatic carbocycles. The minimum atomic E-state index is 0.142. The van der Waals surface area contributed by atoms with Crippen molar-refractivity contribution in [3.05, 3.63) is 47.0 Å². The molecule has 21 heavy (non-hydrogen) atoms. The van der Waals surface area contributed by atoms with Crippen LogP contribution in [0.25, 0.3) is 0 Å². The van der Waals surface area contributed by atoms with E-state index in [1.807, 2.05) is 19.1 Å². The quantitative estimate of drug-likeness (QED) is 0.887. The minimum Gasteiger partial charge on any atom is -0.504 e. The second kappa shape index (κ2) is 6.39. The zero-order valence-electron chi connectivity index (χ0n) is 12.5. The molecule has 4 nitrogen and oxygen atoms in total. The van der Waals surface area contributed by atoms with Crippen molar-refractivity contribution in [1.82, 2.24) is 0 Å². The Morgan fingerprint density at radius 3 is 2.10 bits per heavy atom. The standard InChI is InChI=1S/C17H20O4/c1-11-8-13(10-15(19)17(11)21-3)5-4-12-6-7-16(20-2)14(18)9-12/h6-10,18-19H,4-5H2,1-3H3. The summed E-state index contributed by atoms with van der Waals surface area (Å²) >= 11 is 0. The average molecular weight is 288 g/mol. The number of phenolic OH excluding ortho intramolecular Hbond substituents is 2. The number of methoxy groups -OCH3 is 2. The Kier molecular flexibility index (Phi) is 4.58.